The molecule has 106 valence electrons. The van der Waals surface area contributed by atoms with Gasteiger partial charge in [-0.3, -0.25) is 9.59 Å². The maximum absolute atomic E-state index is 12.6. The number of hydrogen-bond donors (Lipinski definition) is 1. The van der Waals surface area contributed by atoms with Crippen LogP contribution in [0.1, 0.15) is 37.0 Å². The lowest BCUT2D eigenvalue weighted by Gasteiger charge is -2.27. The summed E-state index contributed by atoms with van der Waals surface area (Å²) in [4.78, 5) is 27.1. The fourth-order valence-electron chi connectivity index (χ4n) is 2.54. The van der Waals surface area contributed by atoms with Crippen LogP contribution in [0, 0.1) is 0 Å². The molecule has 1 aromatic rings. The van der Waals surface area contributed by atoms with Gasteiger partial charge in [-0.15, -0.1) is 11.8 Å². The first-order valence-corrected chi connectivity index (χ1v) is 7.94. The SMILES string of the molecule is CC(C)N(C(=O)c1ccc2c(c1)NC(=O)CS2)C1CC1. The van der Waals surface area contributed by atoms with Gasteiger partial charge in [0.05, 0.1) is 11.4 Å². The molecule has 4 nitrogen and oxygen atoms in total. The molecule has 0 aromatic heterocycles. The molecule has 0 bridgehead atoms. The van der Waals surface area contributed by atoms with Crippen molar-refractivity contribution in [2.45, 2.75) is 43.7 Å². The number of benzene rings is 1. The van der Waals surface area contributed by atoms with E-state index in [-0.39, 0.29) is 17.9 Å². The van der Waals surface area contributed by atoms with Crippen LogP contribution in [-0.2, 0) is 4.79 Å². The number of hydrogen-bond acceptors (Lipinski definition) is 3. The highest BCUT2D eigenvalue weighted by Crippen LogP contribution is 2.34. The van der Waals surface area contributed by atoms with Crippen LogP contribution in [-0.4, -0.2) is 34.6 Å². The highest BCUT2D eigenvalue weighted by Gasteiger charge is 2.35. The molecule has 1 aliphatic carbocycles. The summed E-state index contributed by atoms with van der Waals surface area (Å²) in [7, 11) is 0. The zero-order chi connectivity index (χ0) is 14.3. The first-order chi connectivity index (χ1) is 9.56. The monoisotopic (exact) mass is 290 g/mol. The largest absolute Gasteiger partial charge is 0.333 e. The first-order valence-electron chi connectivity index (χ1n) is 6.95. The minimum atomic E-state index is -0.00462. The van der Waals surface area contributed by atoms with E-state index in [0.29, 0.717) is 17.4 Å². The molecule has 20 heavy (non-hydrogen) atoms. The van der Waals surface area contributed by atoms with Gasteiger partial charge >= 0.3 is 0 Å². The van der Waals surface area contributed by atoms with Gasteiger partial charge in [-0.25, -0.2) is 0 Å². The van der Waals surface area contributed by atoms with Gasteiger partial charge in [0.2, 0.25) is 5.91 Å². The van der Waals surface area contributed by atoms with Crippen LogP contribution in [0.4, 0.5) is 5.69 Å². The molecule has 3 rings (SSSR count). The van der Waals surface area contributed by atoms with Crippen LogP contribution < -0.4 is 5.32 Å². The van der Waals surface area contributed by atoms with E-state index in [1.54, 1.807) is 6.07 Å². The molecule has 1 aromatic carbocycles. The minimum Gasteiger partial charge on any atom is -0.333 e. The zero-order valence-corrected chi connectivity index (χ0v) is 12.5. The van der Waals surface area contributed by atoms with Crippen LogP contribution in [0.5, 0.6) is 0 Å². The number of thioether (sulfide) groups is 1. The summed E-state index contributed by atoms with van der Waals surface area (Å²) in [5.41, 5.74) is 1.42. The molecule has 0 radical (unpaired) electrons. The zero-order valence-electron chi connectivity index (χ0n) is 11.7. The summed E-state index contributed by atoms with van der Waals surface area (Å²) in [6.45, 7) is 4.10. The normalized spacial score (nSPS) is 17.6. The Balaban J connectivity index is 1.88. The predicted molar refractivity (Wildman–Crippen MR) is 80.1 cm³/mol. The van der Waals surface area contributed by atoms with E-state index in [0.717, 1.165) is 23.4 Å². The molecule has 1 N–H and O–H groups in total. The van der Waals surface area contributed by atoms with Crippen molar-refractivity contribution in [2.24, 2.45) is 0 Å². The van der Waals surface area contributed by atoms with Gasteiger partial charge in [0.1, 0.15) is 0 Å². The molecule has 1 fully saturated rings. The fourth-order valence-corrected chi connectivity index (χ4v) is 3.33. The minimum absolute atomic E-state index is 0.00462. The summed E-state index contributed by atoms with van der Waals surface area (Å²) in [5.74, 6) is 0.505. The number of carbonyl (C=O) groups excluding carboxylic acids is 2. The molecule has 5 heteroatoms. The smallest absolute Gasteiger partial charge is 0.254 e. The molecule has 0 atom stereocenters. The third-order valence-electron chi connectivity index (χ3n) is 3.59. The maximum Gasteiger partial charge on any atom is 0.254 e. The Morgan fingerprint density at radius 3 is 2.80 bits per heavy atom. The van der Waals surface area contributed by atoms with Crippen LogP contribution in [0.3, 0.4) is 0 Å². The van der Waals surface area contributed by atoms with E-state index < -0.39 is 0 Å². The van der Waals surface area contributed by atoms with E-state index >= 15 is 0 Å². The highest BCUT2D eigenvalue weighted by molar-refractivity contribution is 8.00. The summed E-state index contributed by atoms with van der Waals surface area (Å²) < 4.78 is 0. The van der Waals surface area contributed by atoms with Crippen LogP contribution in [0.2, 0.25) is 0 Å². The summed E-state index contributed by atoms with van der Waals surface area (Å²) in [6.07, 6.45) is 2.20. The van der Waals surface area contributed by atoms with Gasteiger partial charge in [0.15, 0.2) is 0 Å². The Kier molecular flexibility index (Phi) is 3.46. The van der Waals surface area contributed by atoms with Crippen molar-refractivity contribution in [2.75, 3.05) is 11.1 Å². The van der Waals surface area contributed by atoms with Crippen molar-refractivity contribution in [3.63, 3.8) is 0 Å². The molecule has 0 saturated heterocycles. The molecule has 1 aliphatic heterocycles. The Hall–Kier alpha value is -1.49. The van der Waals surface area contributed by atoms with Gasteiger partial charge in [0, 0.05) is 22.5 Å². The van der Waals surface area contributed by atoms with E-state index in [9.17, 15) is 9.59 Å². The molecule has 1 saturated carbocycles. The number of amides is 2. The lowest BCUT2D eigenvalue weighted by Crippen LogP contribution is -2.38. The van der Waals surface area contributed by atoms with Crippen LogP contribution in [0.15, 0.2) is 23.1 Å². The third kappa shape index (κ3) is 2.54. The fraction of sp³-hybridized carbons (Fsp3) is 0.467. The lowest BCUT2D eigenvalue weighted by molar-refractivity contribution is -0.113. The Bertz CT molecular complexity index is 565. The molecular weight excluding hydrogens is 272 g/mol. The van der Waals surface area contributed by atoms with E-state index in [4.69, 9.17) is 0 Å². The van der Waals surface area contributed by atoms with Gasteiger partial charge in [-0.1, -0.05) is 0 Å². The maximum atomic E-state index is 12.6. The highest BCUT2D eigenvalue weighted by atomic mass is 32.2. The van der Waals surface area contributed by atoms with Crippen LogP contribution >= 0.6 is 11.8 Å². The number of nitrogens with zero attached hydrogens (tertiary/aromatic N) is 1. The molecule has 0 spiro atoms. The Morgan fingerprint density at radius 1 is 1.40 bits per heavy atom. The van der Waals surface area contributed by atoms with Crippen molar-refractivity contribution >= 4 is 29.3 Å². The summed E-state index contributed by atoms with van der Waals surface area (Å²) in [6, 6.07) is 6.19. The molecular formula is C15H18N2O2S. The number of fused-ring (bicyclic) bond motifs is 1. The van der Waals surface area contributed by atoms with E-state index in [1.165, 1.54) is 11.8 Å². The molecule has 0 unspecified atom stereocenters. The Labute approximate surface area is 122 Å². The van der Waals surface area contributed by atoms with Crippen molar-refractivity contribution < 1.29 is 9.59 Å². The topological polar surface area (TPSA) is 49.4 Å². The second-order valence-electron chi connectivity index (χ2n) is 5.59. The second kappa shape index (κ2) is 5.13. The standard InChI is InChI=1S/C15H18N2O2S/c1-9(2)17(11-4-5-11)15(19)10-3-6-13-12(7-10)16-14(18)8-20-13/h3,6-7,9,11H,4-5,8H2,1-2H3,(H,16,18). The Morgan fingerprint density at radius 2 is 2.15 bits per heavy atom. The van der Waals surface area contributed by atoms with Crippen molar-refractivity contribution in [1.29, 1.82) is 0 Å². The quantitative estimate of drug-likeness (QED) is 0.931. The molecule has 2 amide bonds. The number of rotatable bonds is 3. The predicted octanol–water partition coefficient (Wildman–Crippen LogP) is 2.74. The first kappa shape index (κ1) is 13.5. The summed E-state index contributed by atoms with van der Waals surface area (Å²) in [5, 5.41) is 2.84. The van der Waals surface area contributed by atoms with Gasteiger partial charge in [-0.2, -0.15) is 0 Å². The van der Waals surface area contributed by atoms with Crippen molar-refractivity contribution in [1.82, 2.24) is 4.90 Å². The third-order valence-corrected chi connectivity index (χ3v) is 4.66. The number of nitrogens with one attached hydrogen (secondary N) is 1. The average Bonchev–Trinajstić information content (AvgIpc) is 3.22. The average molecular weight is 290 g/mol. The van der Waals surface area contributed by atoms with E-state index in [1.807, 2.05) is 30.9 Å². The van der Waals surface area contributed by atoms with Crippen molar-refractivity contribution in [3.8, 4) is 0 Å². The lowest BCUT2D eigenvalue weighted by atomic mass is 10.1. The molecule has 1 heterocycles. The van der Waals surface area contributed by atoms with Gasteiger partial charge < -0.3 is 10.2 Å². The van der Waals surface area contributed by atoms with Crippen LogP contribution in [0.25, 0.3) is 0 Å². The number of anilines is 1. The molecule has 2 aliphatic rings. The van der Waals surface area contributed by atoms with E-state index in [2.05, 4.69) is 5.32 Å². The van der Waals surface area contributed by atoms with Gasteiger partial charge in [-0.05, 0) is 44.9 Å². The second-order valence-corrected chi connectivity index (χ2v) is 6.60. The van der Waals surface area contributed by atoms with Gasteiger partial charge in [0.25, 0.3) is 5.91 Å². The number of carbonyl (C=O) groups is 2. The van der Waals surface area contributed by atoms with Crippen molar-refractivity contribution in [3.05, 3.63) is 23.8 Å². The summed E-state index contributed by atoms with van der Waals surface area (Å²) >= 11 is 1.51.